The summed E-state index contributed by atoms with van der Waals surface area (Å²) in [5, 5.41) is 4.08. The Morgan fingerprint density at radius 1 is 1.08 bits per heavy atom. The molecule has 0 fully saturated rings. The van der Waals surface area contributed by atoms with Crippen molar-refractivity contribution in [1.82, 2.24) is 14.9 Å². The smallest absolute Gasteiger partial charge is 0.303 e. The number of benzene rings is 2. The molecular formula is C25H33BrCl2N4O5. The molecule has 1 heterocycles. The third-order valence-electron chi connectivity index (χ3n) is 5.48. The second-order valence-corrected chi connectivity index (χ2v) is 9.14. The number of carbonyl (C=O) groups excluding carboxylic acids is 1. The average molecular weight is 620 g/mol. The largest absolute Gasteiger partial charge is 0.497 e. The number of ether oxygens (including phenoxy) is 4. The highest BCUT2D eigenvalue weighted by molar-refractivity contribution is 9.10. The summed E-state index contributed by atoms with van der Waals surface area (Å²) >= 11 is 3.55. The molecule has 204 valence electrons. The number of nitrogens with one attached hydrogen (secondary N) is 1. The van der Waals surface area contributed by atoms with Gasteiger partial charge in [0.1, 0.15) is 30.6 Å². The Hall–Kier alpha value is -2.53. The molecule has 0 aliphatic heterocycles. The molecule has 3 aromatic rings. The van der Waals surface area contributed by atoms with E-state index in [0.29, 0.717) is 41.2 Å². The summed E-state index contributed by atoms with van der Waals surface area (Å²) in [6.45, 7) is 6.26. The summed E-state index contributed by atoms with van der Waals surface area (Å²) in [4.78, 5) is 22.5. The maximum absolute atomic E-state index is 11.6. The topological polar surface area (TPSA) is 95.0 Å². The highest BCUT2D eigenvalue weighted by Crippen LogP contribution is 2.36. The standard InChI is InChI=1S/C25H31BrN4O5.2ClH/c1-15(2)30(4)12-18(35-16(3)31)13-34-24-11-21-19(10-23(24)33-6)25(28-14-27-21)29-22-9-17(32-5)7-8-20(22)26;;/h7-11,14-15,18H,12-13H2,1-6H3,(H,27,28,29);2*1H. The highest BCUT2D eigenvalue weighted by Gasteiger charge is 2.19. The van der Waals surface area contributed by atoms with Crippen LogP contribution in [0.25, 0.3) is 10.9 Å². The van der Waals surface area contributed by atoms with Gasteiger partial charge in [-0.2, -0.15) is 0 Å². The number of carbonyl (C=O) groups is 1. The quantitative estimate of drug-likeness (QED) is 0.273. The van der Waals surface area contributed by atoms with Gasteiger partial charge in [0.15, 0.2) is 11.5 Å². The molecule has 0 saturated heterocycles. The molecule has 37 heavy (non-hydrogen) atoms. The Morgan fingerprint density at radius 3 is 2.43 bits per heavy atom. The van der Waals surface area contributed by atoms with Gasteiger partial charge in [0.25, 0.3) is 0 Å². The summed E-state index contributed by atoms with van der Waals surface area (Å²) in [5.41, 5.74) is 1.46. The normalized spacial score (nSPS) is 11.4. The number of halogens is 3. The first kappa shape index (κ1) is 32.5. The first-order valence-electron chi connectivity index (χ1n) is 11.1. The SMILES string of the molecule is COc1ccc(Br)c(Nc2ncnc3cc(OCC(CN(C)C(C)C)OC(C)=O)c(OC)cc23)c1.Cl.Cl. The molecule has 1 atom stereocenters. The van der Waals surface area contributed by atoms with Crippen LogP contribution < -0.4 is 19.5 Å². The molecular weight excluding hydrogens is 587 g/mol. The third-order valence-corrected chi connectivity index (χ3v) is 6.17. The predicted molar refractivity (Wildman–Crippen MR) is 153 cm³/mol. The van der Waals surface area contributed by atoms with Crippen LogP contribution in [0.3, 0.4) is 0 Å². The van der Waals surface area contributed by atoms with Gasteiger partial charge < -0.3 is 29.2 Å². The molecule has 1 unspecified atom stereocenters. The van der Waals surface area contributed by atoms with Crippen LogP contribution in [0.1, 0.15) is 20.8 Å². The fourth-order valence-electron chi connectivity index (χ4n) is 3.36. The number of hydrogen-bond donors (Lipinski definition) is 1. The molecule has 0 aliphatic carbocycles. The van der Waals surface area contributed by atoms with Crippen molar-refractivity contribution >= 4 is 69.1 Å². The van der Waals surface area contributed by atoms with Gasteiger partial charge in [0, 0.05) is 41.5 Å². The lowest BCUT2D eigenvalue weighted by Gasteiger charge is -2.26. The molecule has 3 rings (SSSR count). The van der Waals surface area contributed by atoms with Gasteiger partial charge in [-0.3, -0.25) is 4.79 Å². The Kier molecular flexibility index (Phi) is 13.2. The van der Waals surface area contributed by atoms with Crippen molar-refractivity contribution < 1.29 is 23.7 Å². The van der Waals surface area contributed by atoms with Crippen LogP contribution in [-0.2, 0) is 9.53 Å². The number of rotatable bonds is 11. The molecule has 1 aromatic heterocycles. The van der Waals surface area contributed by atoms with Crippen LogP contribution in [0.5, 0.6) is 17.2 Å². The lowest BCUT2D eigenvalue weighted by Crippen LogP contribution is -2.39. The third kappa shape index (κ3) is 8.77. The highest BCUT2D eigenvalue weighted by atomic mass is 79.9. The molecule has 0 spiro atoms. The fourth-order valence-corrected chi connectivity index (χ4v) is 3.71. The Labute approximate surface area is 238 Å². The first-order valence-corrected chi connectivity index (χ1v) is 11.9. The van der Waals surface area contributed by atoms with Gasteiger partial charge in [-0.05, 0) is 55.0 Å². The van der Waals surface area contributed by atoms with Crippen molar-refractivity contribution in [3.63, 3.8) is 0 Å². The van der Waals surface area contributed by atoms with Crippen LogP contribution >= 0.6 is 40.7 Å². The minimum atomic E-state index is -0.437. The summed E-state index contributed by atoms with van der Waals surface area (Å²) < 4.78 is 23.3. The van der Waals surface area contributed by atoms with Crippen molar-refractivity contribution in [1.29, 1.82) is 0 Å². The average Bonchev–Trinajstić information content (AvgIpc) is 2.83. The van der Waals surface area contributed by atoms with Gasteiger partial charge in [0.2, 0.25) is 0 Å². The minimum absolute atomic E-state index is 0. The van der Waals surface area contributed by atoms with Crippen molar-refractivity contribution in [3.05, 3.63) is 41.1 Å². The maximum Gasteiger partial charge on any atom is 0.303 e. The van der Waals surface area contributed by atoms with Crippen LogP contribution in [0.15, 0.2) is 41.1 Å². The molecule has 0 amide bonds. The molecule has 1 N–H and O–H groups in total. The van der Waals surface area contributed by atoms with E-state index >= 15 is 0 Å². The van der Waals surface area contributed by atoms with E-state index in [1.54, 1.807) is 20.3 Å². The van der Waals surface area contributed by atoms with E-state index in [4.69, 9.17) is 18.9 Å². The minimum Gasteiger partial charge on any atom is -0.497 e. The summed E-state index contributed by atoms with van der Waals surface area (Å²) in [6, 6.07) is 9.54. The molecule has 9 nitrogen and oxygen atoms in total. The van der Waals surface area contributed by atoms with E-state index in [1.807, 2.05) is 31.3 Å². The number of likely N-dealkylation sites (N-methyl/N-ethyl adjacent to an activating group) is 1. The summed E-state index contributed by atoms with van der Waals surface area (Å²) in [6.07, 6.45) is 1.04. The van der Waals surface area contributed by atoms with Crippen molar-refractivity contribution in [3.8, 4) is 17.2 Å². The number of aromatic nitrogens is 2. The van der Waals surface area contributed by atoms with Crippen LogP contribution in [0, 0.1) is 0 Å². The van der Waals surface area contributed by atoms with Gasteiger partial charge in [-0.15, -0.1) is 24.8 Å². The van der Waals surface area contributed by atoms with Crippen molar-refractivity contribution in [2.45, 2.75) is 32.9 Å². The van der Waals surface area contributed by atoms with E-state index in [9.17, 15) is 4.79 Å². The van der Waals surface area contributed by atoms with Gasteiger partial charge in [-0.1, -0.05) is 0 Å². The second kappa shape index (κ2) is 15.0. The summed E-state index contributed by atoms with van der Waals surface area (Å²) in [5.74, 6) is 1.97. The monoisotopic (exact) mass is 618 g/mol. The molecule has 0 aliphatic rings. The Balaban J connectivity index is 0.00000342. The van der Waals surface area contributed by atoms with Gasteiger partial charge in [0.05, 0.1) is 25.4 Å². The zero-order valence-electron chi connectivity index (χ0n) is 21.6. The Bertz CT molecular complexity index is 1190. The summed E-state index contributed by atoms with van der Waals surface area (Å²) in [7, 11) is 5.16. The predicted octanol–water partition coefficient (Wildman–Crippen LogP) is 5.65. The number of hydrogen-bond acceptors (Lipinski definition) is 9. The van der Waals surface area contributed by atoms with Crippen molar-refractivity contribution in [2.24, 2.45) is 0 Å². The van der Waals surface area contributed by atoms with E-state index in [-0.39, 0.29) is 37.4 Å². The second-order valence-electron chi connectivity index (χ2n) is 8.29. The molecule has 0 saturated carbocycles. The van der Waals surface area contributed by atoms with E-state index < -0.39 is 6.10 Å². The van der Waals surface area contributed by atoms with Gasteiger partial charge in [-0.25, -0.2) is 9.97 Å². The number of nitrogens with zero attached hydrogens (tertiary/aromatic N) is 3. The fraction of sp³-hybridized carbons (Fsp3) is 0.400. The Morgan fingerprint density at radius 2 is 1.81 bits per heavy atom. The van der Waals surface area contributed by atoms with E-state index in [1.165, 1.54) is 13.3 Å². The molecule has 0 radical (unpaired) electrons. The maximum atomic E-state index is 11.6. The lowest BCUT2D eigenvalue weighted by molar-refractivity contribution is -0.148. The van der Waals surface area contributed by atoms with Crippen LogP contribution in [-0.4, -0.2) is 67.4 Å². The van der Waals surface area contributed by atoms with Crippen molar-refractivity contribution in [2.75, 3.05) is 39.7 Å². The molecule has 2 aromatic carbocycles. The number of fused-ring (bicyclic) bond motifs is 1. The van der Waals surface area contributed by atoms with Crippen LogP contribution in [0.2, 0.25) is 0 Å². The molecule has 0 bridgehead atoms. The number of anilines is 2. The van der Waals surface area contributed by atoms with Gasteiger partial charge >= 0.3 is 5.97 Å². The zero-order valence-corrected chi connectivity index (χ0v) is 24.8. The van der Waals surface area contributed by atoms with Crippen LogP contribution in [0.4, 0.5) is 11.5 Å². The zero-order chi connectivity index (χ0) is 25.5. The first-order chi connectivity index (χ1) is 16.7. The molecule has 12 heteroatoms. The van der Waals surface area contributed by atoms with E-state index in [2.05, 4.69) is 50.0 Å². The van der Waals surface area contributed by atoms with E-state index in [0.717, 1.165) is 15.5 Å². The number of esters is 1. The number of methoxy groups -OCH3 is 2. The lowest BCUT2D eigenvalue weighted by atomic mass is 10.2.